The molecule has 7 nitrogen and oxygen atoms in total. The van der Waals surface area contributed by atoms with Crippen LogP contribution < -0.4 is 5.73 Å². The summed E-state index contributed by atoms with van der Waals surface area (Å²) in [5.41, 5.74) is 7.15. The van der Waals surface area contributed by atoms with Gasteiger partial charge >= 0.3 is 0 Å². The van der Waals surface area contributed by atoms with Crippen molar-refractivity contribution in [3.8, 4) is 0 Å². The van der Waals surface area contributed by atoms with E-state index in [1.165, 1.54) is 12.1 Å². The highest BCUT2D eigenvalue weighted by Gasteiger charge is 2.21. The van der Waals surface area contributed by atoms with E-state index in [4.69, 9.17) is 15.6 Å². The molecule has 1 aromatic rings. The standard InChI is InChI=1S/C12H17N3O4/c13-12-2-1-10(15(17)18)5-9(12)6-14-3-4-19-11(7-14)8-16/h1-2,5,11,16H,3-4,6-8,13H2. The van der Waals surface area contributed by atoms with Crippen molar-refractivity contribution in [2.24, 2.45) is 0 Å². The van der Waals surface area contributed by atoms with E-state index < -0.39 is 4.92 Å². The third-order valence-corrected chi connectivity index (χ3v) is 3.16. The van der Waals surface area contributed by atoms with Gasteiger partial charge in [-0.3, -0.25) is 15.0 Å². The summed E-state index contributed by atoms with van der Waals surface area (Å²) in [5, 5.41) is 19.8. The van der Waals surface area contributed by atoms with Crippen molar-refractivity contribution in [2.75, 3.05) is 32.0 Å². The summed E-state index contributed by atoms with van der Waals surface area (Å²) in [6.45, 7) is 2.35. The van der Waals surface area contributed by atoms with Gasteiger partial charge in [-0.25, -0.2) is 0 Å². The lowest BCUT2D eigenvalue weighted by Gasteiger charge is -2.32. The number of benzene rings is 1. The topological polar surface area (TPSA) is 102 Å². The first-order valence-corrected chi connectivity index (χ1v) is 6.07. The molecule has 1 aromatic carbocycles. The Balaban J connectivity index is 2.09. The van der Waals surface area contributed by atoms with Gasteiger partial charge in [0.05, 0.1) is 24.2 Å². The Morgan fingerprint density at radius 1 is 1.58 bits per heavy atom. The predicted octanol–water partition coefficient (Wildman–Crippen LogP) is 0.370. The molecular formula is C12H17N3O4. The van der Waals surface area contributed by atoms with Crippen molar-refractivity contribution in [3.05, 3.63) is 33.9 Å². The van der Waals surface area contributed by atoms with Crippen LogP contribution in [-0.2, 0) is 11.3 Å². The fraction of sp³-hybridized carbons (Fsp3) is 0.500. The normalized spacial score (nSPS) is 20.4. The first-order chi connectivity index (χ1) is 9.10. The van der Waals surface area contributed by atoms with Gasteiger partial charge < -0.3 is 15.6 Å². The number of nitrogen functional groups attached to an aromatic ring is 1. The number of hydrogen-bond acceptors (Lipinski definition) is 6. The Labute approximate surface area is 110 Å². The average Bonchev–Trinajstić information content (AvgIpc) is 2.41. The lowest BCUT2D eigenvalue weighted by molar-refractivity contribution is -0.384. The highest BCUT2D eigenvalue weighted by atomic mass is 16.6. The SMILES string of the molecule is Nc1ccc([N+](=O)[O-])cc1CN1CCOC(CO)C1. The van der Waals surface area contributed by atoms with Crippen molar-refractivity contribution in [1.82, 2.24) is 4.90 Å². The molecule has 0 aromatic heterocycles. The summed E-state index contributed by atoms with van der Waals surface area (Å²) in [6.07, 6.45) is -0.200. The van der Waals surface area contributed by atoms with E-state index >= 15 is 0 Å². The van der Waals surface area contributed by atoms with Crippen molar-refractivity contribution in [1.29, 1.82) is 0 Å². The monoisotopic (exact) mass is 267 g/mol. The van der Waals surface area contributed by atoms with Gasteiger partial charge in [-0.05, 0) is 11.6 Å². The Hall–Kier alpha value is -1.70. The molecule has 1 aliphatic heterocycles. The number of nitrogens with two attached hydrogens (primary N) is 1. The van der Waals surface area contributed by atoms with Crippen LogP contribution in [0.5, 0.6) is 0 Å². The van der Waals surface area contributed by atoms with E-state index in [2.05, 4.69) is 4.90 Å². The van der Waals surface area contributed by atoms with Crippen molar-refractivity contribution in [3.63, 3.8) is 0 Å². The van der Waals surface area contributed by atoms with Gasteiger partial charge in [0.1, 0.15) is 0 Å². The zero-order chi connectivity index (χ0) is 13.8. The maximum atomic E-state index is 10.8. The third kappa shape index (κ3) is 3.40. The average molecular weight is 267 g/mol. The second-order valence-corrected chi connectivity index (χ2v) is 4.55. The fourth-order valence-corrected chi connectivity index (χ4v) is 2.12. The molecule has 0 saturated carbocycles. The number of hydrogen-bond donors (Lipinski definition) is 2. The minimum absolute atomic E-state index is 0.0269. The Morgan fingerprint density at radius 3 is 3.05 bits per heavy atom. The summed E-state index contributed by atoms with van der Waals surface area (Å²) in [5.74, 6) is 0. The Morgan fingerprint density at radius 2 is 2.37 bits per heavy atom. The first-order valence-electron chi connectivity index (χ1n) is 6.07. The Kier molecular flexibility index (Phi) is 4.31. The van der Waals surface area contributed by atoms with Crippen molar-refractivity contribution in [2.45, 2.75) is 12.6 Å². The largest absolute Gasteiger partial charge is 0.398 e. The number of nitro groups is 1. The summed E-state index contributed by atoms with van der Waals surface area (Å²) >= 11 is 0. The smallest absolute Gasteiger partial charge is 0.269 e. The van der Waals surface area contributed by atoms with Gasteiger partial charge in [-0.15, -0.1) is 0 Å². The van der Waals surface area contributed by atoms with Crippen LogP contribution in [-0.4, -0.2) is 47.3 Å². The molecule has 1 heterocycles. The molecule has 0 bridgehead atoms. The molecule has 3 N–H and O–H groups in total. The number of ether oxygens (including phenoxy) is 1. The van der Waals surface area contributed by atoms with Gasteiger partial charge in [-0.2, -0.15) is 0 Å². The van der Waals surface area contributed by atoms with E-state index in [0.717, 1.165) is 12.1 Å². The predicted molar refractivity (Wildman–Crippen MR) is 69.6 cm³/mol. The quantitative estimate of drug-likeness (QED) is 0.464. The van der Waals surface area contributed by atoms with E-state index in [1.807, 2.05) is 0 Å². The van der Waals surface area contributed by atoms with Gasteiger partial charge in [0.25, 0.3) is 5.69 Å². The summed E-state index contributed by atoms with van der Waals surface area (Å²) in [7, 11) is 0. The highest BCUT2D eigenvalue weighted by Crippen LogP contribution is 2.22. The molecule has 0 radical (unpaired) electrons. The molecular weight excluding hydrogens is 250 g/mol. The molecule has 104 valence electrons. The first kappa shape index (κ1) is 13.7. The molecule has 1 saturated heterocycles. The maximum Gasteiger partial charge on any atom is 0.269 e. The maximum absolute atomic E-state index is 10.8. The lowest BCUT2D eigenvalue weighted by atomic mass is 10.1. The van der Waals surface area contributed by atoms with Crippen LogP contribution in [0.2, 0.25) is 0 Å². The second-order valence-electron chi connectivity index (χ2n) is 4.55. The molecule has 1 atom stereocenters. The van der Waals surface area contributed by atoms with E-state index in [-0.39, 0.29) is 18.4 Å². The van der Waals surface area contributed by atoms with Gasteiger partial charge in [0.15, 0.2) is 0 Å². The molecule has 1 unspecified atom stereocenters. The number of morpholine rings is 1. The zero-order valence-electron chi connectivity index (χ0n) is 10.5. The summed E-state index contributed by atoms with van der Waals surface area (Å²) in [6, 6.07) is 4.45. The van der Waals surface area contributed by atoms with Crippen LogP contribution in [0.4, 0.5) is 11.4 Å². The van der Waals surface area contributed by atoms with Gasteiger partial charge in [0, 0.05) is 37.5 Å². The van der Waals surface area contributed by atoms with E-state index in [0.29, 0.717) is 25.4 Å². The second kappa shape index (κ2) is 5.96. The van der Waals surface area contributed by atoms with Crippen LogP contribution in [0.15, 0.2) is 18.2 Å². The summed E-state index contributed by atoms with van der Waals surface area (Å²) in [4.78, 5) is 12.4. The summed E-state index contributed by atoms with van der Waals surface area (Å²) < 4.78 is 5.36. The molecule has 2 rings (SSSR count). The third-order valence-electron chi connectivity index (χ3n) is 3.16. The van der Waals surface area contributed by atoms with E-state index in [9.17, 15) is 10.1 Å². The van der Waals surface area contributed by atoms with Crippen molar-refractivity contribution < 1.29 is 14.8 Å². The van der Waals surface area contributed by atoms with E-state index in [1.54, 1.807) is 6.07 Å². The van der Waals surface area contributed by atoms with Gasteiger partial charge in [0.2, 0.25) is 0 Å². The minimum Gasteiger partial charge on any atom is -0.398 e. The molecule has 0 aliphatic carbocycles. The molecule has 0 spiro atoms. The number of aliphatic hydroxyl groups excluding tert-OH is 1. The number of non-ortho nitro benzene ring substituents is 1. The minimum atomic E-state index is -0.432. The fourth-order valence-electron chi connectivity index (χ4n) is 2.12. The van der Waals surface area contributed by atoms with Crippen LogP contribution in [0.25, 0.3) is 0 Å². The number of aliphatic hydroxyl groups is 1. The van der Waals surface area contributed by atoms with Crippen LogP contribution in [0.1, 0.15) is 5.56 Å². The number of nitro benzene ring substituents is 1. The molecule has 0 amide bonds. The van der Waals surface area contributed by atoms with Gasteiger partial charge in [-0.1, -0.05) is 0 Å². The van der Waals surface area contributed by atoms with Crippen LogP contribution in [0, 0.1) is 10.1 Å². The van der Waals surface area contributed by atoms with Crippen LogP contribution >= 0.6 is 0 Å². The molecule has 19 heavy (non-hydrogen) atoms. The lowest BCUT2D eigenvalue weighted by Crippen LogP contribution is -2.43. The highest BCUT2D eigenvalue weighted by molar-refractivity contribution is 5.52. The van der Waals surface area contributed by atoms with Crippen molar-refractivity contribution >= 4 is 11.4 Å². The molecule has 1 fully saturated rings. The molecule has 1 aliphatic rings. The number of anilines is 1. The Bertz CT molecular complexity index is 466. The number of rotatable bonds is 4. The number of nitrogens with zero attached hydrogens (tertiary/aromatic N) is 2. The van der Waals surface area contributed by atoms with Crippen LogP contribution in [0.3, 0.4) is 0 Å². The molecule has 7 heteroatoms. The zero-order valence-corrected chi connectivity index (χ0v) is 10.5.